The molecule has 0 unspecified atom stereocenters. The summed E-state index contributed by atoms with van der Waals surface area (Å²) in [5, 5.41) is 0.713. The van der Waals surface area contributed by atoms with Crippen LogP contribution in [0.25, 0.3) is 20.8 Å². The predicted octanol–water partition coefficient (Wildman–Crippen LogP) is 4.34. The van der Waals surface area contributed by atoms with Gasteiger partial charge < -0.3 is 4.74 Å². The van der Waals surface area contributed by atoms with Crippen LogP contribution in [-0.4, -0.2) is 11.0 Å². The first kappa shape index (κ1) is 13.7. The van der Waals surface area contributed by atoms with E-state index in [9.17, 15) is 9.18 Å². The molecule has 3 rings (SSSR count). The second-order valence-corrected chi connectivity index (χ2v) is 5.70. The maximum Gasteiger partial charge on any atom is 0.308 e. The minimum absolute atomic E-state index is 0.315. The van der Waals surface area contributed by atoms with Crippen molar-refractivity contribution in [1.82, 2.24) is 4.98 Å². The van der Waals surface area contributed by atoms with E-state index in [2.05, 4.69) is 4.98 Å². The van der Waals surface area contributed by atoms with Crippen LogP contribution >= 0.6 is 11.3 Å². The molecule has 5 heteroatoms. The van der Waals surface area contributed by atoms with Crippen molar-refractivity contribution in [3.05, 3.63) is 47.8 Å². The van der Waals surface area contributed by atoms with Gasteiger partial charge in [0.1, 0.15) is 16.6 Å². The minimum Gasteiger partial charge on any atom is -0.426 e. The van der Waals surface area contributed by atoms with Crippen molar-refractivity contribution in [2.75, 3.05) is 0 Å². The Kier molecular flexibility index (Phi) is 3.43. The molecular formula is C16H12FNO2S. The SMILES string of the molecule is CC(=O)Oc1cccc(C)c1-c1nc2cc(F)ccc2s1. The first-order valence-electron chi connectivity index (χ1n) is 6.39. The number of hydrogen-bond donors (Lipinski definition) is 0. The third kappa shape index (κ3) is 2.64. The molecule has 0 aliphatic carbocycles. The van der Waals surface area contributed by atoms with E-state index < -0.39 is 0 Å². The zero-order valence-electron chi connectivity index (χ0n) is 11.5. The zero-order valence-corrected chi connectivity index (χ0v) is 12.3. The molecule has 0 aliphatic heterocycles. The second-order valence-electron chi connectivity index (χ2n) is 4.67. The second kappa shape index (κ2) is 5.26. The van der Waals surface area contributed by atoms with Gasteiger partial charge in [0.15, 0.2) is 0 Å². The smallest absolute Gasteiger partial charge is 0.308 e. The molecule has 0 fully saturated rings. The number of benzene rings is 2. The standard InChI is InChI=1S/C16H12FNO2S/c1-9-4-3-5-13(20-10(2)19)15(9)16-18-12-8-11(17)6-7-14(12)21-16/h3-8H,1-2H3. The zero-order chi connectivity index (χ0) is 15.0. The lowest BCUT2D eigenvalue weighted by Crippen LogP contribution is -2.03. The van der Waals surface area contributed by atoms with E-state index in [1.165, 1.54) is 30.4 Å². The van der Waals surface area contributed by atoms with Crippen molar-refractivity contribution in [2.24, 2.45) is 0 Å². The van der Waals surface area contributed by atoms with Gasteiger partial charge in [0.2, 0.25) is 0 Å². The fraction of sp³-hybridized carbons (Fsp3) is 0.125. The lowest BCUT2D eigenvalue weighted by atomic mass is 10.1. The lowest BCUT2D eigenvalue weighted by Gasteiger charge is -2.09. The summed E-state index contributed by atoms with van der Waals surface area (Å²) in [5.74, 6) is -0.222. The predicted molar refractivity (Wildman–Crippen MR) is 81.1 cm³/mol. The molecule has 0 bridgehead atoms. The van der Waals surface area contributed by atoms with Crippen LogP contribution in [0, 0.1) is 12.7 Å². The molecule has 0 atom stereocenters. The van der Waals surface area contributed by atoms with Crippen LogP contribution in [-0.2, 0) is 4.79 Å². The van der Waals surface area contributed by atoms with E-state index in [4.69, 9.17) is 4.74 Å². The number of thiazole rings is 1. The maximum atomic E-state index is 13.3. The van der Waals surface area contributed by atoms with Crippen LogP contribution < -0.4 is 4.74 Å². The molecule has 21 heavy (non-hydrogen) atoms. The summed E-state index contributed by atoms with van der Waals surface area (Å²) in [7, 11) is 0. The number of carbonyl (C=O) groups excluding carboxylic acids is 1. The molecule has 0 N–H and O–H groups in total. The molecule has 3 aromatic rings. The van der Waals surface area contributed by atoms with E-state index in [0.29, 0.717) is 16.3 Å². The largest absolute Gasteiger partial charge is 0.426 e. The monoisotopic (exact) mass is 301 g/mol. The normalized spacial score (nSPS) is 10.8. The van der Waals surface area contributed by atoms with Gasteiger partial charge in [0.25, 0.3) is 0 Å². The quantitative estimate of drug-likeness (QED) is 0.522. The molecule has 3 nitrogen and oxygen atoms in total. The van der Waals surface area contributed by atoms with Crippen LogP contribution in [0.5, 0.6) is 5.75 Å². The molecular weight excluding hydrogens is 289 g/mol. The molecule has 106 valence electrons. The van der Waals surface area contributed by atoms with Gasteiger partial charge in [-0.2, -0.15) is 0 Å². The van der Waals surface area contributed by atoms with Gasteiger partial charge in [-0.15, -0.1) is 11.3 Å². The average Bonchev–Trinajstić information content (AvgIpc) is 2.80. The Labute approximate surface area is 125 Å². The summed E-state index contributed by atoms with van der Waals surface area (Å²) in [5.41, 5.74) is 2.33. The summed E-state index contributed by atoms with van der Waals surface area (Å²) >= 11 is 1.45. The van der Waals surface area contributed by atoms with Gasteiger partial charge >= 0.3 is 5.97 Å². The topological polar surface area (TPSA) is 39.2 Å². The molecule has 0 amide bonds. The van der Waals surface area contributed by atoms with Crippen LogP contribution in [0.3, 0.4) is 0 Å². The Morgan fingerprint density at radius 3 is 2.86 bits per heavy atom. The Balaban J connectivity index is 2.19. The fourth-order valence-electron chi connectivity index (χ4n) is 2.16. The van der Waals surface area contributed by atoms with Crippen molar-refractivity contribution >= 4 is 27.5 Å². The van der Waals surface area contributed by atoms with Crippen LogP contribution in [0.4, 0.5) is 4.39 Å². The highest BCUT2D eigenvalue weighted by Gasteiger charge is 2.15. The molecule has 2 aromatic carbocycles. The maximum absolute atomic E-state index is 13.3. The molecule has 0 spiro atoms. The third-order valence-electron chi connectivity index (χ3n) is 3.05. The van der Waals surface area contributed by atoms with Gasteiger partial charge in [0, 0.05) is 13.0 Å². The number of halogens is 1. The summed E-state index contributed by atoms with van der Waals surface area (Å²) in [6.45, 7) is 3.29. The summed E-state index contributed by atoms with van der Waals surface area (Å²) in [6.07, 6.45) is 0. The number of rotatable bonds is 2. The van der Waals surface area contributed by atoms with Gasteiger partial charge in [-0.05, 0) is 30.7 Å². The van der Waals surface area contributed by atoms with E-state index in [-0.39, 0.29) is 11.8 Å². The summed E-state index contributed by atoms with van der Waals surface area (Å²) < 4.78 is 19.4. The van der Waals surface area contributed by atoms with Crippen molar-refractivity contribution < 1.29 is 13.9 Å². The molecule has 1 heterocycles. The number of nitrogens with zero attached hydrogens (tertiary/aromatic N) is 1. The van der Waals surface area contributed by atoms with E-state index in [1.54, 1.807) is 12.1 Å². The van der Waals surface area contributed by atoms with Crippen molar-refractivity contribution in [1.29, 1.82) is 0 Å². The van der Waals surface area contributed by atoms with Gasteiger partial charge in [-0.1, -0.05) is 12.1 Å². The van der Waals surface area contributed by atoms with Crippen LogP contribution in [0.1, 0.15) is 12.5 Å². The highest BCUT2D eigenvalue weighted by molar-refractivity contribution is 7.21. The Morgan fingerprint density at radius 2 is 2.10 bits per heavy atom. The van der Waals surface area contributed by atoms with Crippen molar-refractivity contribution in [2.45, 2.75) is 13.8 Å². The first-order chi connectivity index (χ1) is 10.0. The number of carbonyl (C=O) groups is 1. The number of hydrogen-bond acceptors (Lipinski definition) is 4. The van der Waals surface area contributed by atoms with E-state index in [0.717, 1.165) is 15.8 Å². The van der Waals surface area contributed by atoms with Crippen LogP contribution in [0.2, 0.25) is 0 Å². The molecule has 1 aromatic heterocycles. The van der Waals surface area contributed by atoms with Crippen molar-refractivity contribution in [3.8, 4) is 16.3 Å². The number of ether oxygens (including phenoxy) is 1. The Bertz CT molecular complexity index is 841. The van der Waals surface area contributed by atoms with Gasteiger partial charge in [-0.25, -0.2) is 9.37 Å². The molecule has 0 aliphatic rings. The number of esters is 1. The highest BCUT2D eigenvalue weighted by Crippen LogP contribution is 2.38. The minimum atomic E-state index is -0.381. The average molecular weight is 301 g/mol. The van der Waals surface area contributed by atoms with Gasteiger partial charge in [0.05, 0.1) is 15.8 Å². The number of aryl methyl sites for hydroxylation is 1. The molecule has 0 saturated carbocycles. The molecule has 0 radical (unpaired) electrons. The third-order valence-corrected chi connectivity index (χ3v) is 4.11. The summed E-state index contributed by atoms with van der Waals surface area (Å²) in [6, 6.07) is 10.00. The van der Waals surface area contributed by atoms with Gasteiger partial charge in [-0.3, -0.25) is 4.79 Å². The first-order valence-corrected chi connectivity index (χ1v) is 7.21. The Hall–Kier alpha value is -2.27. The van der Waals surface area contributed by atoms with Crippen LogP contribution in [0.15, 0.2) is 36.4 Å². The van der Waals surface area contributed by atoms with E-state index in [1.807, 2.05) is 19.1 Å². The highest BCUT2D eigenvalue weighted by atomic mass is 32.1. The number of aromatic nitrogens is 1. The molecule has 0 saturated heterocycles. The summed E-state index contributed by atoms with van der Waals surface area (Å²) in [4.78, 5) is 15.7. The Morgan fingerprint density at radius 1 is 1.29 bits per heavy atom. The lowest BCUT2D eigenvalue weighted by molar-refractivity contribution is -0.131. The van der Waals surface area contributed by atoms with Crippen molar-refractivity contribution in [3.63, 3.8) is 0 Å². The van der Waals surface area contributed by atoms with E-state index >= 15 is 0 Å². The fourth-order valence-corrected chi connectivity index (χ4v) is 3.22. The number of fused-ring (bicyclic) bond motifs is 1.